The molecule has 1 aliphatic rings. The number of carbonyl (C=O) groups excluding carboxylic acids is 1. The minimum atomic E-state index is -0.675. The van der Waals surface area contributed by atoms with Crippen LogP contribution in [0.5, 0.6) is 11.5 Å². The molecule has 0 fully saturated rings. The van der Waals surface area contributed by atoms with E-state index in [-0.39, 0.29) is 34.9 Å². The molecule has 1 amide bonds. The Labute approximate surface area is 170 Å². The van der Waals surface area contributed by atoms with E-state index in [9.17, 15) is 19.7 Å². The van der Waals surface area contributed by atoms with Crippen molar-refractivity contribution in [3.05, 3.63) is 62.6 Å². The molecule has 1 N–H and O–H groups in total. The molecule has 154 valence electrons. The Bertz CT molecular complexity index is 1220. The van der Waals surface area contributed by atoms with E-state index in [2.05, 4.69) is 10.4 Å². The van der Waals surface area contributed by atoms with Gasteiger partial charge in [0.05, 0.1) is 29.6 Å². The molecule has 2 aromatic carbocycles. The van der Waals surface area contributed by atoms with Gasteiger partial charge in [0.1, 0.15) is 5.69 Å². The highest BCUT2D eigenvalue weighted by atomic mass is 16.6. The summed E-state index contributed by atoms with van der Waals surface area (Å²) in [5, 5.41) is 19.0. The molecule has 0 saturated carbocycles. The van der Waals surface area contributed by atoms with Crippen LogP contribution >= 0.6 is 0 Å². The largest absolute Gasteiger partial charge is 0.489 e. The normalized spacial score (nSPS) is 13.0. The van der Waals surface area contributed by atoms with Crippen molar-refractivity contribution in [2.75, 3.05) is 18.5 Å². The Morgan fingerprint density at radius 1 is 1.20 bits per heavy atom. The van der Waals surface area contributed by atoms with Crippen LogP contribution in [0.2, 0.25) is 0 Å². The van der Waals surface area contributed by atoms with Crippen molar-refractivity contribution in [1.29, 1.82) is 0 Å². The Kier molecular flexibility index (Phi) is 5.05. The lowest BCUT2D eigenvalue weighted by atomic mass is 10.1. The van der Waals surface area contributed by atoms with Crippen LogP contribution in [-0.2, 0) is 6.54 Å². The zero-order valence-corrected chi connectivity index (χ0v) is 16.1. The predicted molar refractivity (Wildman–Crippen MR) is 108 cm³/mol. The average molecular weight is 410 g/mol. The van der Waals surface area contributed by atoms with Gasteiger partial charge in [0.2, 0.25) is 0 Å². The predicted octanol–water partition coefficient (Wildman–Crippen LogP) is 2.74. The summed E-state index contributed by atoms with van der Waals surface area (Å²) in [6, 6.07) is 9.20. The third-order valence-electron chi connectivity index (χ3n) is 4.69. The SMILES string of the molecule is CCn1nc(C(=O)Nc2cc3c(cc2[N+](=O)[O-])OCCCO3)c2ccccc2c1=O. The highest BCUT2D eigenvalue weighted by molar-refractivity contribution is 6.11. The van der Waals surface area contributed by atoms with Gasteiger partial charge in [0, 0.05) is 24.4 Å². The number of hydrogen-bond donors (Lipinski definition) is 1. The van der Waals surface area contributed by atoms with E-state index in [1.807, 2.05) is 0 Å². The summed E-state index contributed by atoms with van der Waals surface area (Å²) >= 11 is 0. The van der Waals surface area contributed by atoms with Crippen LogP contribution in [0, 0.1) is 10.1 Å². The van der Waals surface area contributed by atoms with Gasteiger partial charge in [0.25, 0.3) is 17.2 Å². The van der Waals surface area contributed by atoms with Crippen molar-refractivity contribution in [2.45, 2.75) is 19.9 Å². The van der Waals surface area contributed by atoms with E-state index >= 15 is 0 Å². The number of carbonyl (C=O) groups is 1. The number of nitrogens with zero attached hydrogens (tertiary/aromatic N) is 3. The lowest BCUT2D eigenvalue weighted by molar-refractivity contribution is -0.384. The number of nitro benzene ring substituents is 1. The Hall–Kier alpha value is -3.95. The van der Waals surface area contributed by atoms with Gasteiger partial charge in [0.15, 0.2) is 17.2 Å². The van der Waals surface area contributed by atoms with E-state index in [1.165, 1.54) is 16.8 Å². The van der Waals surface area contributed by atoms with Gasteiger partial charge >= 0.3 is 0 Å². The van der Waals surface area contributed by atoms with E-state index in [0.717, 1.165) is 0 Å². The highest BCUT2D eigenvalue weighted by Crippen LogP contribution is 2.39. The summed E-state index contributed by atoms with van der Waals surface area (Å²) < 4.78 is 12.2. The van der Waals surface area contributed by atoms with E-state index in [1.54, 1.807) is 31.2 Å². The number of nitrogens with one attached hydrogen (secondary N) is 1. The molecule has 0 spiro atoms. The zero-order valence-electron chi connectivity index (χ0n) is 16.1. The number of aromatic nitrogens is 2. The molecule has 30 heavy (non-hydrogen) atoms. The first-order valence-corrected chi connectivity index (χ1v) is 9.39. The van der Waals surface area contributed by atoms with E-state index in [4.69, 9.17) is 9.47 Å². The van der Waals surface area contributed by atoms with Crippen molar-refractivity contribution in [3.8, 4) is 11.5 Å². The number of fused-ring (bicyclic) bond motifs is 2. The summed E-state index contributed by atoms with van der Waals surface area (Å²) in [6.45, 7) is 2.78. The number of benzene rings is 2. The quantitative estimate of drug-likeness (QED) is 0.518. The van der Waals surface area contributed by atoms with Crippen molar-refractivity contribution >= 4 is 28.1 Å². The van der Waals surface area contributed by atoms with Crippen LogP contribution in [0.4, 0.5) is 11.4 Å². The van der Waals surface area contributed by atoms with Crippen molar-refractivity contribution in [1.82, 2.24) is 9.78 Å². The molecule has 0 radical (unpaired) electrons. The van der Waals surface area contributed by atoms with Crippen LogP contribution in [0.1, 0.15) is 23.8 Å². The third kappa shape index (κ3) is 3.43. The second-order valence-electron chi connectivity index (χ2n) is 6.59. The van der Waals surface area contributed by atoms with Gasteiger partial charge in [-0.3, -0.25) is 19.7 Å². The van der Waals surface area contributed by atoms with Gasteiger partial charge in [-0.25, -0.2) is 4.68 Å². The molecular weight excluding hydrogens is 392 g/mol. The summed E-state index contributed by atoms with van der Waals surface area (Å²) in [6.07, 6.45) is 0.638. The molecule has 0 bridgehead atoms. The topological polar surface area (TPSA) is 126 Å². The monoisotopic (exact) mass is 410 g/mol. The second kappa shape index (κ2) is 7.82. The van der Waals surface area contributed by atoms with E-state index < -0.39 is 10.8 Å². The highest BCUT2D eigenvalue weighted by Gasteiger charge is 2.25. The van der Waals surface area contributed by atoms with E-state index in [0.29, 0.717) is 36.2 Å². The average Bonchev–Trinajstić information content (AvgIpc) is 2.98. The van der Waals surface area contributed by atoms with Crippen LogP contribution in [0.15, 0.2) is 41.2 Å². The van der Waals surface area contributed by atoms with Crippen molar-refractivity contribution in [2.24, 2.45) is 0 Å². The maximum Gasteiger partial charge on any atom is 0.296 e. The number of rotatable bonds is 4. The fraction of sp³-hybridized carbons (Fsp3) is 0.250. The summed E-state index contributed by atoms with van der Waals surface area (Å²) in [5.41, 5.74) is -0.699. The number of anilines is 1. The standard InChI is InChI=1S/C20H18N4O6/c1-2-23-20(26)13-7-4-3-6-12(13)18(22-23)19(25)21-14-10-16-17(11-15(14)24(27)28)30-9-5-8-29-16/h3-4,6-7,10-11H,2,5,8-9H2,1H3,(H,21,25). The molecule has 3 aromatic rings. The lowest BCUT2D eigenvalue weighted by Crippen LogP contribution is -2.27. The molecule has 1 aliphatic heterocycles. The molecule has 10 nitrogen and oxygen atoms in total. The Balaban J connectivity index is 1.80. The van der Waals surface area contributed by atoms with Gasteiger partial charge in [-0.1, -0.05) is 18.2 Å². The minimum absolute atomic E-state index is 0.00606. The molecule has 4 rings (SSSR count). The fourth-order valence-electron chi connectivity index (χ4n) is 3.25. The van der Waals surface area contributed by atoms with Crippen molar-refractivity contribution < 1.29 is 19.2 Å². The van der Waals surface area contributed by atoms with Gasteiger partial charge in [-0.05, 0) is 13.0 Å². The first-order valence-electron chi connectivity index (χ1n) is 9.39. The summed E-state index contributed by atoms with van der Waals surface area (Å²) in [4.78, 5) is 36.5. The van der Waals surface area contributed by atoms with Crippen LogP contribution in [0.25, 0.3) is 10.8 Å². The smallest absolute Gasteiger partial charge is 0.296 e. The lowest BCUT2D eigenvalue weighted by Gasteiger charge is -2.12. The molecule has 0 saturated heterocycles. The Morgan fingerprint density at radius 2 is 1.87 bits per heavy atom. The molecule has 0 atom stereocenters. The second-order valence-corrected chi connectivity index (χ2v) is 6.59. The third-order valence-corrected chi connectivity index (χ3v) is 4.69. The molecule has 10 heteroatoms. The van der Waals surface area contributed by atoms with Crippen molar-refractivity contribution in [3.63, 3.8) is 0 Å². The molecule has 2 heterocycles. The fourth-order valence-corrected chi connectivity index (χ4v) is 3.25. The molecule has 1 aromatic heterocycles. The van der Waals surface area contributed by atoms with Gasteiger partial charge < -0.3 is 14.8 Å². The van der Waals surface area contributed by atoms with Gasteiger partial charge in [-0.2, -0.15) is 5.10 Å². The zero-order chi connectivity index (χ0) is 21.3. The molecular formula is C20H18N4O6. The summed E-state index contributed by atoms with van der Waals surface area (Å²) in [7, 11) is 0. The maximum atomic E-state index is 13.0. The Morgan fingerprint density at radius 3 is 2.53 bits per heavy atom. The molecule has 0 unspecified atom stereocenters. The number of nitro groups is 1. The number of amides is 1. The van der Waals surface area contributed by atoms with Crippen LogP contribution in [0.3, 0.4) is 0 Å². The number of hydrogen-bond acceptors (Lipinski definition) is 7. The van der Waals surface area contributed by atoms with Crippen LogP contribution < -0.4 is 20.3 Å². The number of aryl methyl sites for hydroxylation is 1. The summed E-state index contributed by atoms with van der Waals surface area (Å²) in [5.74, 6) is -0.115. The first-order chi connectivity index (χ1) is 14.5. The maximum absolute atomic E-state index is 13.0. The minimum Gasteiger partial charge on any atom is -0.489 e. The number of ether oxygens (including phenoxy) is 2. The van der Waals surface area contributed by atoms with Gasteiger partial charge in [-0.15, -0.1) is 0 Å². The molecule has 0 aliphatic carbocycles. The van der Waals surface area contributed by atoms with Crippen LogP contribution in [-0.4, -0.2) is 33.8 Å². The first kappa shape index (κ1) is 19.4.